The van der Waals surface area contributed by atoms with Crippen molar-refractivity contribution in [2.45, 2.75) is 65.2 Å². The van der Waals surface area contributed by atoms with Gasteiger partial charge >= 0.3 is 0 Å². The quantitative estimate of drug-likeness (QED) is 0.197. The van der Waals surface area contributed by atoms with Crippen LogP contribution in [0.5, 0.6) is 0 Å². The standard InChI is InChI=1S/C35H43F2N3O5/c1-4-13-40(14-5-2)35(44)28-16-24(3)15-27(20-28)34(43)39-31(19-26-17-29(36)21-30(37)18-26)32(41)11-12-38-33(42)23-45-22-25-9-7-6-8-10-25/h6-10,15-18,20-21,31-32,41H,4-5,11-14,19,22-23H2,1-3H3,(H,38,42)(H,39,43)/t31-,32+/m1/s1. The molecule has 0 aliphatic rings. The fourth-order valence-electron chi connectivity index (χ4n) is 5.04. The molecule has 8 nitrogen and oxygen atoms in total. The lowest BCUT2D eigenvalue weighted by atomic mass is 9.97. The number of nitrogens with one attached hydrogen (secondary N) is 2. The molecule has 0 aliphatic heterocycles. The highest BCUT2D eigenvalue weighted by molar-refractivity contribution is 6.00. The van der Waals surface area contributed by atoms with E-state index in [4.69, 9.17) is 4.74 Å². The molecule has 0 fully saturated rings. The van der Waals surface area contributed by atoms with Crippen LogP contribution in [0.15, 0.2) is 66.7 Å². The number of aliphatic hydroxyl groups is 1. The third kappa shape index (κ3) is 11.7. The molecular weight excluding hydrogens is 580 g/mol. The van der Waals surface area contributed by atoms with E-state index in [1.807, 2.05) is 44.2 Å². The minimum atomic E-state index is -1.18. The molecule has 3 aromatic rings. The summed E-state index contributed by atoms with van der Waals surface area (Å²) in [6, 6.07) is 16.4. The Hall–Kier alpha value is -4.15. The number of amides is 3. The Bertz CT molecular complexity index is 1390. The zero-order valence-electron chi connectivity index (χ0n) is 26.2. The second-order valence-electron chi connectivity index (χ2n) is 11.1. The summed E-state index contributed by atoms with van der Waals surface area (Å²) >= 11 is 0. The summed E-state index contributed by atoms with van der Waals surface area (Å²) in [4.78, 5) is 40.7. The monoisotopic (exact) mass is 623 g/mol. The molecule has 0 saturated carbocycles. The van der Waals surface area contributed by atoms with Crippen LogP contribution < -0.4 is 10.6 Å². The van der Waals surface area contributed by atoms with E-state index in [1.54, 1.807) is 24.0 Å². The number of nitrogens with zero attached hydrogens (tertiary/aromatic N) is 1. The van der Waals surface area contributed by atoms with E-state index < -0.39 is 29.7 Å². The Morgan fingerprint density at radius 2 is 1.53 bits per heavy atom. The van der Waals surface area contributed by atoms with Crippen molar-refractivity contribution in [3.63, 3.8) is 0 Å². The fraction of sp³-hybridized carbons (Fsp3) is 0.400. The topological polar surface area (TPSA) is 108 Å². The van der Waals surface area contributed by atoms with Crippen molar-refractivity contribution in [1.29, 1.82) is 0 Å². The predicted molar refractivity (Wildman–Crippen MR) is 169 cm³/mol. The Labute approximate surface area is 263 Å². The molecule has 0 radical (unpaired) electrons. The minimum absolute atomic E-state index is 0.0493. The van der Waals surface area contributed by atoms with Crippen molar-refractivity contribution in [2.75, 3.05) is 26.2 Å². The molecule has 0 unspecified atom stereocenters. The van der Waals surface area contributed by atoms with Crippen LogP contribution in [-0.2, 0) is 22.6 Å². The summed E-state index contributed by atoms with van der Waals surface area (Å²) in [7, 11) is 0. The third-order valence-corrected chi connectivity index (χ3v) is 7.13. The molecule has 0 spiro atoms. The lowest BCUT2D eigenvalue weighted by Crippen LogP contribution is -2.46. The fourth-order valence-corrected chi connectivity index (χ4v) is 5.04. The maximum atomic E-state index is 14.0. The van der Waals surface area contributed by atoms with Crippen LogP contribution >= 0.6 is 0 Å². The Morgan fingerprint density at radius 1 is 0.889 bits per heavy atom. The number of aryl methyl sites for hydroxylation is 1. The van der Waals surface area contributed by atoms with Crippen LogP contribution in [0.1, 0.15) is 70.5 Å². The van der Waals surface area contributed by atoms with E-state index in [0.717, 1.165) is 36.6 Å². The minimum Gasteiger partial charge on any atom is -0.391 e. The number of benzene rings is 3. The van der Waals surface area contributed by atoms with Crippen LogP contribution in [0.4, 0.5) is 8.78 Å². The highest BCUT2D eigenvalue weighted by atomic mass is 19.1. The van der Waals surface area contributed by atoms with Crippen LogP contribution in [0.2, 0.25) is 0 Å². The zero-order chi connectivity index (χ0) is 32.8. The van der Waals surface area contributed by atoms with Gasteiger partial charge in [0.1, 0.15) is 18.2 Å². The molecule has 2 atom stereocenters. The zero-order valence-corrected chi connectivity index (χ0v) is 26.2. The summed E-state index contributed by atoms with van der Waals surface area (Å²) in [5, 5.41) is 16.6. The molecule has 0 aromatic heterocycles. The van der Waals surface area contributed by atoms with Gasteiger partial charge in [0, 0.05) is 36.8 Å². The van der Waals surface area contributed by atoms with Gasteiger partial charge in [0.15, 0.2) is 0 Å². The largest absolute Gasteiger partial charge is 0.391 e. The first kappa shape index (κ1) is 35.3. The summed E-state index contributed by atoms with van der Waals surface area (Å²) < 4.78 is 33.4. The number of rotatable bonds is 17. The normalized spacial score (nSPS) is 12.3. The molecular formula is C35H43F2N3O5. The van der Waals surface area contributed by atoms with E-state index in [0.29, 0.717) is 24.2 Å². The number of halogens is 2. The van der Waals surface area contributed by atoms with Crippen molar-refractivity contribution in [1.82, 2.24) is 15.5 Å². The van der Waals surface area contributed by atoms with E-state index in [2.05, 4.69) is 10.6 Å². The van der Waals surface area contributed by atoms with E-state index in [9.17, 15) is 28.3 Å². The van der Waals surface area contributed by atoms with E-state index >= 15 is 0 Å². The summed E-state index contributed by atoms with van der Waals surface area (Å²) in [5.41, 5.74) is 2.48. The molecule has 0 bridgehead atoms. The van der Waals surface area contributed by atoms with Gasteiger partial charge in [-0.2, -0.15) is 0 Å². The van der Waals surface area contributed by atoms with Crippen molar-refractivity contribution in [3.05, 3.63) is 106 Å². The van der Waals surface area contributed by atoms with Gasteiger partial charge in [0.25, 0.3) is 11.8 Å². The SMILES string of the molecule is CCCN(CCC)C(=O)c1cc(C)cc(C(=O)N[C@H](Cc2cc(F)cc(F)c2)[C@@H](O)CCNC(=O)COCc2ccccc2)c1. The molecule has 3 N–H and O–H groups in total. The molecule has 242 valence electrons. The first-order valence-corrected chi connectivity index (χ1v) is 15.3. The Morgan fingerprint density at radius 3 is 2.18 bits per heavy atom. The van der Waals surface area contributed by atoms with E-state index in [1.165, 1.54) is 6.07 Å². The van der Waals surface area contributed by atoms with Crippen LogP contribution in [0, 0.1) is 18.6 Å². The molecule has 3 amide bonds. The smallest absolute Gasteiger partial charge is 0.253 e. The molecule has 3 rings (SSSR count). The number of hydrogen-bond donors (Lipinski definition) is 3. The molecule has 10 heteroatoms. The molecule has 0 saturated heterocycles. The van der Waals surface area contributed by atoms with Gasteiger partial charge in [-0.1, -0.05) is 44.2 Å². The Balaban J connectivity index is 1.69. The van der Waals surface area contributed by atoms with Crippen molar-refractivity contribution in [3.8, 4) is 0 Å². The first-order chi connectivity index (χ1) is 21.6. The number of aliphatic hydroxyl groups excluding tert-OH is 1. The second-order valence-corrected chi connectivity index (χ2v) is 11.1. The van der Waals surface area contributed by atoms with Gasteiger partial charge in [0.05, 0.1) is 18.8 Å². The van der Waals surface area contributed by atoms with Crippen LogP contribution in [-0.4, -0.2) is 66.1 Å². The van der Waals surface area contributed by atoms with E-state index in [-0.39, 0.29) is 55.5 Å². The van der Waals surface area contributed by atoms with Gasteiger partial charge in [-0.15, -0.1) is 0 Å². The lowest BCUT2D eigenvalue weighted by Gasteiger charge is -2.25. The number of hydrogen-bond acceptors (Lipinski definition) is 5. The second kappa shape index (κ2) is 18.0. The van der Waals surface area contributed by atoms with Gasteiger partial charge in [0.2, 0.25) is 5.91 Å². The van der Waals surface area contributed by atoms with Gasteiger partial charge in [-0.3, -0.25) is 14.4 Å². The van der Waals surface area contributed by atoms with Crippen molar-refractivity contribution < 1.29 is 33.0 Å². The number of carbonyl (C=O) groups is 3. The molecule has 0 aliphatic carbocycles. The van der Waals surface area contributed by atoms with Gasteiger partial charge in [-0.25, -0.2) is 8.78 Å². The highest BCUT2D eigenvalue weighted by Crippen LogP contribution is 2.17. The van der Waals surface area contributed by atoms with Crippen LogP contribution in [0.25, 0.3) is 0 Å². The first-order valence-electron chi connectivity index (χ1n) is 15.3. The summed E-state index contributed by atoms with van der Waals surface area (Å²) in [5.74, 6) is -2.66. The predicted octanol–water partition coefficient (Wildman–Crippen LogP) is 4.96. The summed E-state index contributed by atoms with van der Waals surface area (Å²) in [6.07, 6.45) is 0.391. The van der Waals surface area contributed by atoms with Gasteiger partial charge in [-0.05, 0) is 79.6 Å². The molecule has 3 aromatic carbocycles. The lowest BCUT2D eigenvalue weighted by molar-refractivity contribution is -0.126. The Kier molecular flexibility index (Phi) is 14.1. The maximum absolute atomic E-state index is 14.0. The highest BCUT2D eigenvalue weighted by Gasteiger charge is 2.24. The molecule has 0 heterocycles. The average Bonchev–Trinajstić information content (AvgIpc) is 3.00. The average molecular weight is 624 g/mol. The molecule has 45 heavy (non-hydrogen) atoms. The van der Waals surface area contributed by atoms with Gasteiger partial charge < -0.3 is 25.4 Å². The number of carbonyl (C=O) groups excluding carboxylic acids is 3. The number of ether oxygens (including phenoxy) is 1. The van der Waals surface area contributed by atoms with Crippen molar-refractivity contribution in [2.24, 2.45) is 0 Å². The third-order valence-electron chi connectivity index (χ3n) is 7.13. The summed E-state index contributed by atoms with van der Waals surface area (Å²) in [6.45, 7) is 7.13. The van der Waals surface area contributed by atoms with Crippen molar-refractivity contribution >= 4 is 17.7 Å². The maximum Gasteiger partial charge on any atom is 0.253 e. The van der Waals surface area contributed by atoms with Crippen LogP contribution in [0.3, 0.4) is 0 Å².